The highest BCUT2D eigenvalue weighted by Gasteiger charge is 2.20. The van der Waals surface area contributed by atoms with Crippen molar-refractivity contribution >= 4 is 5.91 Å². The standard InChI is InChI=1S/C15H15N3O2/c19-14-6-3-8-16-18(14)11-15(20)17-9-7-12-4-1-2-5-13(12)10-17/h1-6,8H,7,9-11H2. The molecule has 1 aromatic heterocycles. The topological polar surface area (TPSA) is 55.2 Å². The molecule has 2 aromatic rings. The molecule has 5 nitrogen and oxygen atoms in total. The van der Waals surface area contributed by atoms with Gasteiger partial charge in [0.05, 0.1) is 0 Å². The molecule has 1 aromatic carbocycles. The summed E-state index contributed by atoms with van der Waals surface area (Å²) in [7, 11) is 0. The quantitative estimate of drug-likeness (QED) is 0.811. The third kappa shape index (κ3) is 2.47. The lowest BCUT2D eigenvalue weighted by atomic mass is 10.00. The zero-order chi connectivity index (χ0) is 13.9. The molecule has 3 rings (SSSR count). The maximum absolute atomic E-state index is 12.3. The number of hydrogen-bond acceptors (Lipinski definition) is 3. The van der Waals surface area contributed by atoms with E-state index in [1.54, 1.807) is 11.0 Å². The van der Waals surface area contributed by atoms with Gasteiger partial charge in [-0.25, -0.2) is 4.68 Å². The van der Waals surface area contributed by atoms with Gasteiger partial charge in [-0.3, -0.25) is 9.59 Å². The molecule has 102 valence electrons. The monoisotopic (exact) mass is 269 g/mol. The molecule has 5 heteroatoms. The van der Waals surface area contributed by atoms with Gasteiger partial charge in [-0.15, -0.1) is 0 Å². The van der Waals surface area contributed by atoms with Crippen LogP contribution in [0.4, 0.5) is 0 Å². The minimum atomic E-state index is -0.252. The van der Waals surface area contributed by atoms with Crippen molar-refractivity contribution in [2.45, 2.75) is 19.5 Å². The molecule has 0 saturated carbocycles. The van der Waals surface area contributed by atoms with E-state index in [1.807, 2.05) is 18.2 Å². The summed E-state index contributed by atoms with van der Waals surface area (Å²) in [6.45, 7) is 1.30. The molecule has 1 amide bonds. The third-order valence-corrected chi connectivity index (χ3v) is 3.55. The van der Waals surface area contributed by atoms with Crippen LogP contribution in [0.5, 0.6) is 0 Å². The Morgan fingerprint density at radius 2 is 1.95 bits per heavy atom. The molecule has 2 heterocycles. The lowest BCUT2D eigenvalue weighted by molar-refractivity contribution is -0.133. The van der Waals surface area contributed by atoms with Crippen LogP contribution in [0.25, 0.3) is 0 Å². The Morgan fingerprint density at radius 1 is 1.15 bits per heavy atom. The number of carbonyl (C=O) groups is 1. The fraction of sp³-hybridized carbons (Fsp3) is 0.267. The zero-order valence-corrected chi connectivity index (χ0v) is 11.0. The fourth-order valence-corrected chi connectivity index (χ4v) is 2.44. The SMILES string of the molecule is O=C(Cn1ncccc1=O)N1CCc2ccccc2C1. The van der Waals surface area contributed by atoms with Gasteiger partial charge in [0, 0.05) is 25.4 Å². The second-order valence-electron chi connectivity index (χ2n) is 4.85. The van der Waals surface area contributed by atoms with Crippen molar-refractivity contribution in [2.75, 3.05) is 6.54 Å². The van der Waals surface area contributed by atoms with Crippen LogP contribution < -0.4 is 5.56 Å². The Kier molecular flexibility index (Phi) is 3.33. The van der Waals surface area contributed by atoms with Gasteiger partial charge < -0.3 is 4.90 Å². The Bertz CT molecular complexity index is 693. The molecular formula is C15H15N3O2. The number of fused-ring (bicyclic) bond motifs is 1. The van der Waals surface area contributed by atoms with E-state index in [9.17, 15) is 9.59 Å². The highest BCUT2D eigenvalue weighted by atomic mass is 16.2. The lowest BCUT2D eigenvalue weighted by Crippen LogP contribution is -2.40. The molecule has 0 saturated heterocycles. The summed E-state index contributed by atoms with van der Waals surface area (Å²) in [6.07, 6.45) is 2.37. The van der Waals surface area contributed by atoms with E-state index in [0.29, 0.717) is 13.1 Å². The Balaban J connectivity index is 1.74. The maximum Gasteiger partial charge on any atom is 0.267 e. The van der Waals surface area contributed by atoms with Crippen LogP contribution in [0.15, 0.2) is 47.4 Å². The summed E-state index contributed by atoms with van der Waals surface area (Å²) in [6, 6.07) is 11.1. The van der Waals surface area contributed by atoms with Crippen LogP contribution in [0.3, 0.4) is 0 Å². The minimum Gasteiger partial charge on any atom is -0.336 e. The molecule has 0 unspecified atom stereocenters. The summed E-state index contributed by atoms with van der Waals surface area (Å²) >= 11 is 0. The predicted octanol–water partition coefficient (Wildman–Crippen LogP) is 0.828. The zero-order valence-electron chi connectivity index (χ0n) is 11.0. The van der Waals surface area contributed by atoms with Crippen LogP contribution in [-0.2, 0) is 24.3 Å². The van der Waals surface area contributed by atoms with Gasteiger partial charge in [0.25, 0.3) is 5.56 Å². The second-order valence-corrected chi connectivity index (χ2v) is 4.85. The summed E-state index contributed by atoms with van der Waals surface area (Å²) in [5, 5.41) is 3.91. The fourth-order valence-electron chi connectivity index (χ4n) is 2.44. The van der Waals surface area contributed by atoms with Crippen molar-refractivity contribution in [1.82, 2.24) is 14.7 Å². The number of aromatic nitrogens is 2. The molecule has 0 radical (unpaired) electrons. The average molecular weight is 269 g/mol. The first kappa shape index (κ1) is 12.6. The third-order valence-electron chi connectivity index (χ3n) is 3.55. The average Bonchev–Trinajstić information content (AvgIpc) is 2.49. The van der Waals surface area contributed by atoms with Crippen molar-refractivity contribution < 1.29 is 4.79 Å². The molecule has 0 atom stereocenters. The Hall–Kier alpha value is -2.43. The van der Waals surface area contributed by atoms with Crippen LogP contribution >= 0.6 is 0 Å². The number of nitrogens with zero attached hydrogens (tertiary/aromatic N) is 3. The van der Waals surface area contributed by atoms with Crippen molar-refractivity contribution in [2.24, 2.45) is 0 Å². The van der Waals surface area contributed by atoms with E-state index in [4.69, 9.17) is 0 Å². The maximum atomic E-state index is 12.3. The molecule has 0 aliphatic carbocycles. The second kappa shape index (κ2) is 5.28. The van der Waals surface area contributed by atoms with Crippen molar-refractivity contribution in [1.29, 1.82) is 0 Å². The van der Waals surface area contributed by atoms with E-state index in [-0.39, 0.29) is 18.0 Å². The van der Waals surface area contributed by atoms with Crippen LogP contribution in [0.1, 0.15) is 11.1 Å². The Labute approximate surface area is 116 Å². The minimum absolute atomic E-state index is 0.00183. The van der Waals surface area contributed by atoms with Crippen LogP contribution in [0.2, 0.25) is 0 Å². The molecule has 0 bridgehead atoms. The number of carbonyl (C=O) groups excluding carboxylic acids is 1. The van der Waals surface area contributed by atoms with Crippen LogP contribution in [-0.4, -0.2) is 27.1 Å². The first-order valence-corrected chi connectivity index (χ1v) is 6.61. The number of rotatable bonds is 2. The normalized spacial score (nSPS) is 13.9. The van der Waals surface area contributed by atoms with Crippen LogP contribution in [0, 0.1) is 0 Å². The largest absolute Gasteiger partial charge is 0.336 e. The van der Waals surface area contributed by atoms with E-state index < -0.39 is 0 Å². The number of amides is 1. The summed E-state index contributed by atoms with van der Waals surface area (Å²) in [5.74, 6) is -0.0692. The number of hydrogen-bond donors (Lipinski definition) is 0. The first-order valence-electron chi connectivity index (χ1n) is 6.61. The van der Waals surface area contributed by atoms with Gasteiger partial charge >= 0.3 is 0 Å². The molecule has 0 spiro atoms. The predicted molar refractivity (Wildman–Crippen MR) is 74.1 cm³/mol. The highest BCUT2D eigenvalue weighted by Crippen LogP contribution is 2.18. The molecule has 0 fully saturated rings. The summed E-state index contributed by atoms with van der Waals surface area (Å²) in [5.41, 5.74) is 2.23. The van der Waals surface area contributed by atoms with E-state index in [2.05, 4.69) is 11.2 Å². The van der Waals surface area contributed by atoms with Gasteiger partial charge in [0.2, 0.25) is 5.91 Å². The van der Waals surface area contributed by atoms with E-state index in [1.165, 1.54) is 28.1 Å². The van der Waals surface area contributed by atoms with Gasteiger partial charge in [-0.05, 0) is 23.6 Å². The van der Waals surface area contributed by atoms with Gasteiger partial charge in [0.15, 0.2) is 0 Å². The molecule has 0 N–H and O–H groups in total. The Morgan fingerprint density at radius 3 is 2.75 bits per heavy atom. The molecular weight excluding hydrogens is 254 g/mol. The van der Waals surface area contributed by atoms with Gasteiger partial charge in [-0.2, -0.15) is 5.10 Å². The summed E-state index contributed by atoms with van der Waals surface area (Å²) in [4.78, 5) is 25.6. The van der Waals surface area contributed by atoms with Gasteiger partial charge in [0.1, 0.15) is 6.54 Å². The molecule has 1 aliphatic heterocycles. The summed E-state index contributed by atoms with van der Waals surface area (Å²) < 4.78 is 1.20. The van der Waals surface area contributed by atoms with Gasteiger partial charge in [-0.1, -0.05) is 24.3 Å². The molecule has 20 heavy (non-hydrogen) atoms. The van der Waals surface area contributed by atoms with Crippen molar-refractivity contribution in [3.63, 3.8) is 0 Å². The molecule has 1 aliphatic rings. The van der Waals surface area contributed by atoms with Crippen molar-refractivity contribution in [3.05, 3.63) is 64.1 Å². The van der Waals surface area contributed by atoms with E-state index >= 15 is 0 Å². The smallest absolute Gasteiger partial charge is 0.267 e. The van der Waals surface area contributed by atoms with E-state index in [0.717, 1.165) is 6.42 Å². The van der Waals surface area contributed by atoms with Crippen molar-refractivity contribution in [3.8, 4) is 0 Å². The number of benzene rings is 1. The lowest BCUT2D eigenvalue weighted by Gasteiger charge is -2.28. The highest BCUT2D eigenvalue weighted by molar-refractivity contribution is 5.76. The first-order chi connectivity index (χ1) is 9.74.